The first-order chi connectivity index (χ1) is 11.6. The predicted molar refractivity (Wildman–Crippen MR) is 128 cm³/mol. The van der Waals surface area contributed by atoms with Crippen molar-refractivity contribution in [2.75, 3.05) is 0 Å². The Bertz CT molecular complexity index is 859. The van der Waals surface area contributed by atoms with Gasteiger partial charge in [-0.1, -0.05) is 0 Å². The summed E-state index contributed by atoms with van der Waals surface area (Å²) in [5, 5.41) is 13.6. The van der Waals surface area contributed by atoms with E-state index in [1.165, 1.54) is 0 Å². The summed E-state index contributed by atoms with van der Waals surface area (Å²) in [6.07, 6.45) is 0. The first-order valence-electron chi connectivity index (χ1n) is 5.92. The van der Waals surface area contributed by atoms with Crippen molar-refractivity contribution in [1.29, 1.82) is 0 Å². The van der Waals surface area contributed by atoms with E-state index in [1.54, 1.807) is 13.8 Å². The van der Waals surface area contributed by atoms with E-state index in [4.69, 9.17) is 0 Å². The van der Waals surface area contributed by atoms with Crippen LogP contribution in [0.4, 0.5) is 0 Å². The van der Waals surface area contributed by atoms with Crippen molar-refractivity contribution in [2.45, 2.75) is 0 Å². The molecule has 0 aliphatic rings. The second kappa shape index (κ2) is 9.77. The van der Waals surface area contributed by atoms with Crippen LogP contribution in [0, 0.1) is 0 Å². The predicted octanol–water partition coefficient (Wildman–Crippen LogP) is 7.07. The third-order valence-electron chi connectivity index (χ3n) is 2.93. The van der Waals surface area contributed by atoms with E-state index < -0.39 is 7.12 Å². The molecule has 1 radical (unpaired) electrons. The molecule has 26 heavy (non-hydrogen) atoms. The summed E-state index contributed by atoms with van der Waals surface area (Å²) in [5.74, 6) is 0. The normalized spacial score (nSPS) is 11.3. The Hall–Kier alpha value is 2.53. The van der Waals surface area contributed by atoms with E-state index in [0.29, 0.717) is 27.6 Å². The van der Waals surface area contributed by atoms with E-state index in [-0.39, 0.29) is 17.1 Å². The van der Waals surface area contributed by atoms with Crippen LogP contribution in [0.1, 0.15) is 0 Å². The second-order valence-electron chi connectivity index (χ2n) is 4.37. The monoisotopic (exact) mass is 976 g/mol. The molecule has 0 N–H and O–H groups in total. The summed E-state index contributed by atoms with van der Waals surface area (Å²) in [7, 11) is -0.564. The molecule has 3 heterocycles. The van der Waals surface area contributed by atoms with Crippen molar-refractivity contribution in [3.8, 4) is 0 Å². The summed E-state index contributed by atoms with van der Waals surface area (Å²) in [5.41, 5.74) is 0. The molecule has 17 heteroatoms. The number of hydrogen-bond donors (Lipinski definition) is 0. The Balaban J connectivity index is 0.00000243. The van der Waals surface area contributed by atoms with Crippen LogP contribution in [0.3, 0.4) is 0 Å². The standard InChI is InChI=1S/C9BBr9N6.Cu/c11-1-4(14)20-23(7(1)17)10(24-8(18)2(12)5(15)21-24)25-9(19)3(13)6(16)22-25;/q-1;+1. The maximum absolute atomic E-state index is 4.54. The third-order valence-corrected chi connectivity index (χ3v) is 12.3. The van der Waals surface area contributed by atoms with Gasteiger partial charge in [0, 0.05) is 0 Å². The molecule has 0 aliphatic heterocycles. The van der Waals surface area contributed by atoms with Gasteiger partial charge in [-0.25, -0.2) is 15.3 Å². The average Bonchev–Trinajstić information content (AvgIpc) is 3.08. The molecule has 0 aliphatic carbocycles. The third kappa shape index (κ3) is 4.42. The van der Waals surface area contributed by atoms with Crippen molar-refractivity contribution in [3.05, 3.63) is 41.0 Å². The topological polar surface area (TPSA) is 53.5 Å². The Morgan fingerprint density at radius 1 is 0.500 bits per heavy atom. The average molecular weight is 986 g/mol. The smallest absolute Gasteiger partial charge is 0.411 e. The Morgan fingerprint density at radius 3 is 0.885 bits per heavy atom. The van der Waals surface area contributed by atoms with Gasteiger partial charge in [-0.3, -0.25) is 0 Å². The molecule has 3 aromatic heterocycles. The molecule has 0 atom stereocenters. The Kier molecular flexibility index (Phi) is 9.32. The minimum absolute atomic E-state index is 0. The van der Waals surface area contributed by atoms with Crippen molar-refractivity contribution in [1.82, 2.24) is 29.1 Å². The molecule has 3 rings (SSSR count). The van der Waals surface area contributed by atoms with Crippen LogP contribution >= 0.6 is 143 Å². The summed E-state index contributed by atoms with van der Waals surface area (Å²) >= 11 is 31.4. The fourth-order valence-electron chi connectivity index (χ4n) is 1.87. The molecule has 0 amide bonds. The largest absolute Gasteiger partial charge is 1.00 e. The molecule has 0 unspecified atom stereocenters. The van der Waals surface area contributed by atoms with Crippen LogP contribution in [0.2, 0.25) is 0 Å². The molecule has 0 saturated heterocycles. The molecular formula is C9BBr9CuN6. The van der Waals surface area contributed by atoms with E-state index in [1.807, 2.05) is 0 Å². The van der Waals surface area contributed by atoms with Gasteiger partial charge in [0.25, 0.3) is 7.12 Å². The van der Waals surface area contributed by atoms with Crippen LogP contribution in [0.25, 0.3) is 0 Å². The Morgan fingerprint density at radius 2 is 0.731 bits per heavy atom. The first kappa shape index (κ1) is 24.8. The van der Waals surface area contributed by atoms with Crippen molar-refractivity contribution in [3.63, 3.8) is 0 Å². The fourth-order valence-corrected chi connectivity index (χ4v) is 5.88. The minimum Gasteiger partial charge on any atom is -0.411 e. The summed E-state index contributed by atoms with van der Waals surface area (Å²) < 4.78 is 11.6. The van der Waals surface area contributed by atoms with Crippen molar-refractivity contribution in [2.24, 2.45) is 0 Å². The summed E-state index contributed by atoms with van der Waals surface area (Å²) in [6.45, 7) is 0. The second-order valence-corrected chi connectivity index (χ2v) is 11.3. The van der Waals surface area contributed by atoms with E-state index in [9.17, 15) is 0 Å². The van der Waals surface area contributed by atoms with Gasteiger partial charge in [0.2, 0.25) is 0 Å². The quantitative estimate of drug-likeness (QED) is 0.265. The molecular weight excluding hydrogens is 986 g/mol. The molecule has 143 valence electrons. The van der Waals surface area contributed by atoms with Gasteiger partial charge in [-0.15, -0.1) is 0 Å². The molecule has 0 saturated carbocycles. The SMILES string of the molecule is Brc1nn([B-](n2nc(Br)c(Br)c2Br)n2nc(Br)c(Br)c2Br)c(Br)c1Br.[Cu+]. The molecule has 0 spiro atoms. The number of rotatable bonds is 3. The summed E-state index contributed by atoms with van der Waals surface area (Å²) in [6, 6.07) is 0. The zero-order valence-electron chi connectivity index (χ0n) is 11.5. The molecule has 0 fully saturated rings. The van der Waals surface area contributed by atoms with Crippen molar-refractivity contribution < 1.29 is 17.1 Å². The summed E-state index contributed by atoms with van der Waals surface area (Å²) in [4.78, 5) is 0. The van der Waals surface area contributed by atoms with Gasteiger partial charge >= 0.3 is 17.1 Å². The van der Waals surface area contributed by atoms with Crippen molar-refractivity contribution >= 4 is 150 Å². The van der Waals surface area contributed by atoms with Crippen LogP contribution in [-0.2, 0) is 17.1 Å². The van der Waals surface area contributed by atoms with Gasteiger partial charge in [0.15, 0.2) is 0 Å². The van der Waals surface area contributed by atoms with Gasteiger partial charge in [-0.05, 0) is 143 Å². The van der Waals surface area contributed by atoms with E-state index >= 15 is 0 Å². The van der Waals surface area contributed by atoms with E-state index in [0.717, 1.165) is 13.4 Å². The van der Waals surface area contributed by atoms with Crippen LogP contribution < -0.4 is 0 Å². The van der Waals surface area contributed by atoms with Crippen LogP contribution in [0.5, 0.6) is 0 Å². The first-order valence-corrected chi connectivity index (χ1v) is 13.1. The number of hydrogen-bond acceptors (Lipinski definition) is 3. The van der Waals surface area contributed by atoms with Gasteiger partial charge in [-0.2, -0.15) is 0 Å². The molecule has 6 nitrogen and oxygen atoms in total. The number of aromatic nitrogens is 6. The fraction of sp³-hybridized carbons (Fsp3) is 0. The van der Waals surface area contributed by atoms with E-state index in [2.05, 4.69) is 159 Å². The molecule has 0 bridgehead atoms. The zero-order valence-corrected chi connectivity index (χ0v) is 26.7. The maximum Gasteiger partial charge on any atom is 1.00 e. The molecule has 0 aromatic carbocycles. The minimum atomic E-state index is -0.564. The van der Waals surface area contributed by atoms with Gasteiger partial charge in [0.1, 0.15) is 13.8 Å². The number of halogens is 9. The van der Waals surface area contributed by atoms with Gasteiger partial charge < -0.3 is 13.8 Å². The Labute approximate surface area is 234 Å². The number of nitrogens with zero attached hydrogens (tertiary/aromatic N) is 6. The van der Waals surface area contributed by atoms with Crippen LogP contribution in [-0.4, -0.2) is 36.2 Å². The van der Waals surface area contributed by atoms with Gasteiger partial charge in [0.05, 0.1) is 27.2 Å². The van der Waals surface area contributed by atoms with Crippen LogP contribution in [0.15, 0.2) is 41.0 Å². The molecule has 3 aromatic rings. The zero-order chi connectivity index (χ0) is 18.6. The maximum atomic E-state index is 4.54.